The molecule has 0 radical (unpaired) electrons. The Kier molecular flexibility index (Phi) is 4.01. The predicted molar refractivity (Wildman–Crippen MR) is 83.8 cm³/mol. The molecule has 1 saturated carbocycles. The minimum Gasteiger partial charge on any atom is -0.328 e. The van der Waals surface area contributed by atoms with E-state index in [-0.39, 0.29) is 17.8 Å². The van der Waals surface area contributed by atoms with Crippen LogP contribution in [0.4, 0.5) is 4.39 Å². The van der Waals surface area contributed by atoms with Crippen LogP contribution in [0.15, 0.2) is 30.0 Å². The number of nitrogens with one attached hydrogen (secondary N) is 1. The zero-order chi connectivity index (χ0) is 14.8. The normalized spacial score (nSPS) is 22.0. The molecule has 1 aromatic rings. The Morgan fingerprint density at radius 2 is 1.95 bits per heavy atom. The lowest BCUT2D eigenvalue weighted by Crippen LogP contribution is -2.41. The van der Waals surface area contributed by atoms with Gasteiger partial charge < -0.3 is 5.32 Å². The third-order valence-electron chi connectivity index (χ3n) is 4.05. The summed E-state index contributed by atoms with van der Waals surface area (Å²) in [7, 11) is 0. The number of hydrogen-bond donors (Lipinski definition) is 1. The van der Waals surface area contributed by atoms with E-state index in [0.717, 1.165) is 25.7 Å². The van der Waals surface area contributed by atoms with Crippen LogP contribution in [0, 0.1) is 5.82 Å². The van der Waals surface area contributed by atoms with Crippen LogP contribution in [0.1, 0.15) is 37.7 Å². The van der Waals surface area contributed by atoms with Crippen molar-refractivity contribution in [2.45, 2.75) is 38.1 Å². The van der Waals surface area contributed by atoms with Crippen LogP contribution in [0.25, 0.3) is 6.08 Å². The predicted octanol–water partition coefficient (Wildman–Crippen LogP) is 3.22. The van der Waals surface area contributed by atoms with Crippen molar-refractivity contribution in [2.75, 3.05) is 0 Å². The lowest BCUT2D eigenvalue weighted by Gasteiger charge is -2.29. The molecule has 2 aliphatic rings. The van der Waals surface area contributed by atoms with Crippen LogP contribution in [-0.2, 0) is 4.79 Å². The van der Waals surface area contributed by atoms with Gasteiger partial charge in [-0.15, -0.1) is 0 Å². The molecule has 1 N–H and O–H groups in total. The standard InChI is InChI=1S/C16H17FN2OS/c17-13-9-5-4-6-11(13)10-14-15(20)19(16(21)18-14)12-7-2-1-3-8-12/h4-6,9-10,12H,1-3,7-8H2,(H,18,21)/b14-10+. The van der Waals surface area contributed by atoms with Crippen molar-refractivity contribution in [1.29, 1.82) is 0 Å². The Labute approximate surface area is 128 Å². The summed E-state index contributed by atoms with van der Waals surface area (Å²) < 4.78 is 13.7. The number of carbonyl (C=O) groups is 1. The van der Waals surface area contributed by atoms with Gasteiger partial charge in [0.15, 0.2) is 5.11 Å². The highest BCUT2D eigenvalue weighted by Crippen LogP contribution is 2.27. The summed E-state index contributed by atoms with van der Waals surface area (Å²) in [5.41, 5.74) is 0.748. The molecule has 0 spiro atoms. The van der Waals surface area contributed by atoms with Gasteiger partial charge in [0.1, 0.15) is 11.5 Å². The zero-order valence-corrected chi connectivity index (χ0v) is 12.5. The molecule has 1 aliphatic carbocycles. The van der Waals surface area contributed by atoms with E-state index < -0.39 is 0 Å². The molecular formula is C16H17FN2OS. The summed E-state index contributed by atoms with van der Waals surface area (Å²) in [5, 5.41) is 3.37. The van der Waals surface area contributed by atoms with Crippen LogP contribution in [0.3, 0.4) is 0 Å². The molecule has 0 unspecified atom stereocenters. The first kappa shape index (κ1) is 14.2. The number of rotatable bonds is 2. The Bertz CT molecular complexity index is 608. The van der Waals surface area contributed by atoms with Gasteiger partial charge in [-0.2, -0.15) is 0 Å². The molecule has 2 fully saturated rings. The van der Waals surface area contributed by atoms with E-state index in [4.69, 9.17) is 12.2 Å². The van der Waals surface area contributed by atoms with Crippen molar-refractivity contribution in [3.05, 3.63) is 41.3 Å². The first-order chi connectivity index (χ1) is 10.2. The van der Waals surface area contributed by atoms with E-state index in [1.54, 1.807) is 23.1 Å². The van der Waals surface area contributed by atoms with Gasteiger partial charge in [0.25, 0.3) is 5.91 Å². The van der Waals surface area contributed by atoms with E-state index in [2.05, 4.69) is 5.32 Å². The highest BCUT2D eigenvalue weighted by molar-refractivity contribution is 7.80. The number of carbonyl (C=O) groups excluding carboxylic acids is 1. The second-order valence-corrected chi connectivity index (χ2v) is 5.86. The summed E-state index contributed by atoms with van der Waals surface area (Å²) >= 11 is 5.28. The average Bonchev–Trinajstić information content (AvgIpc) is 2.77. The van der Waals surface area contributed by atoms with Gasteiger partial charge in [0.2, 0.25) is 0 Å². The fraction of sp³-hybridized carbons (Fsp3) is 0.375. The van der Waals surface area contributed by atoms with Crippen molar-refractivity contribution < 1.29 is 9.18 Å². The van der Waals surface area contributed by atoms with Gasteiger partial charge in [-0.3, -0.25) is 9.69 Å². The Balaban J connectivity index is 1.84. The largest absolute Gasteiger partial charge is 0.328 e. The molecule has 0 atom stereocenters. The number of hydrogen-bond acceptors (Lipinski definition) is 2. The number of thiocarbonyl (C=S) groups is 1. The summed E-state index contributed by atoms with van der Waals surface area (Å²) in [6.07, 6.45) is 6.98. The number of benzene rings is 1. The van der Waals surface area contributed by atoms with E-state index in [1.165, 1.54) is 18.6 Å². The molecule has 1 saturated heterocycles. The monoisotopic (exact) mass is 304 g/mol. The Morgan fingerprint density at radius 3 is 2.67 bits per heavy atom. The Morgan fingerprint density at radius 1 is 1.24 bits per heavy atom. The van der Waals surface area contributed by atoms with Gasteiger partial charge in [-0.05, 0) is 37.2 Å². The third-order valence-corrected chi connectivity index (χ3v) is 4.35. The van der Waals surface area contributed by atoms with E-state index in [0.29, 0.717) is 16.4 Å². The van der Waals surface area contributed by atoms with Crippen LogP contribution < -0.4 is 5.32 Å². The quantitative estimate of drug-likeness (QED) is 0.672. The van der Waals surface area contributed by atoms with Crippen LogP contribution in [0.5, 0.6) is 0 Å². The SMILES string of the molecule is O=C1/C(=C\c2ccccc2F)NC(=S)N1C1CCCCC1. The van der Waals surface area contributed by atoms with Crippen LogP contribution in [-0.4, -0.2) is 22.0 Å². The van der Waals surface area contributed by atoms with Gasteiger partial charge in [-0.1, -0.05) is 37.5 Å². The fourth-order valence-electron chi connectivity index (χ4n) is 2.97. The Hall–Kier alpha value is -1.75. The van der Waals surface area contributed by atoms with Gasteiger partial charge in [0.05, 0.1) is 0 Å². The molecule has 0 bridgehead atoms. The lowest BCUT2D eigenvalue weighted by atomic mass is 9.94. The molecule has 3 nitrogen and oxygen atoms in total. The lowest BCUT2D eigenvalue weighted by molar-refractivity contribution is -0.124. The maximum atomic E-state index is 13.7. The molecule has 1 heterocycles. The van der Waals surface area contributed by atoms with Crippen molar-refractivity contribution >= 4 is 29.3 Å². The van der Waals surface area contributed by atoms with Gasteiger partial charge >= 0.3 is 0 Å². The number of halogens is 1. The maximum absolute atomic E-state index is 13.7. The van der Waals surface area contributed by atoms with Gasteiger partial charge in [0, 0.05) is 11.6 Å². The molecule has 5 heteroatoms. The van der Waals surface area contributed by atoms with Crippen molar-refractivity contribution in [2.24, 2.45) is 0 Å². The second-order valence-electron chi connectivity index (χ2n) is 5.48. The number of amides is 1. The molecule has 1 aliphatic heterocycles. The molecule has 21 heavy (non-hydrogen) atoms. The second kappa shape index (κ2) is 5.93. The van der Waals surface area contributed by atoms with E-state index in [9.17, 15) is 9.18 Å². The molecule has 1 amide bonds. The summed E-state index contributed by atoms with van der Waals surface area (Å²) in [5.74, 6) is -0.489. The van der Waals surface area contributed by atoms with Crippen molar-refractivity contribution in [3.8, 4) is 0 Å². The third kappa shape index (κ3) is 2.83. The molecule has 3 rings (SSSR count). The minimum atomic E-state index is -0.346. The topological polar surface area (TPSA) is 32.3 Å². The van der Waals surface area contributed by atoms with Crippen LogP contribution in [0.2, 0.25) is 0 Å². The average molecular weight is 304 g/mol. The highest BCUT2D eigenvalue weighted by Gasteiger charge is 2.36. The summed E-state index contributed by atoms with van der Waals surface area (Å²) in [4.78, 5) is 14.2. The molecule has 1 aromatic carbocycles. The zero-order valence-electron chi connectivity index (χ0n) is 11.6. The van der Waals surface area contributed by atoms with Gasteiger partial charge in [-0.25, -0.2) is 4.39 Å². The number of nitrogens with zero attached hydrogens (tertiary/aromatic N) is 1. The van der Waals surface area contributed by atoms with Crippen molar-refractivity contribution in [1.82, 2.24) is 10.2 Å². The first-order valence-corrected chi connectivity index (χ1v) is 7.68. The fourth-order valence-corrected chi connectivity index (χ4v) is 3.31. The van der Waals surface area contributed by atoms with Crippen molar-refractivity contribution in [3.63, 3.8) is 0 Å². The molecule has 0 aromatic heterocycles. The first-order valence-electron chi connectivity index (χ1n) is 7.27. The maximum Gasteiger partial charge on any atom is 0.276 e. The summed E-state index contributed by atoms with van der Waals surface area (Å²) in [6, 6.07) is 6.57. The van der Waals surface area contributed by atoms with E-state index in [1.807, 2.05) is 0 Å². The summed E-state index contributed by atoms with van der Waals surface area (Å²) in [6.45, 7) is 0. The van der Waals surface area contributed by atoms with Crippen LogP contribution >= 0.6 is 12.2 Å². The molecular weight excluding hydrogens is 287 g/mol. The van der Waals surface area contributed by atoms with E-state index >= 15 is 0 Å². The highest BCUT2D eigenvalue weighted by atomic mass is 32.1. The smallest absolute Gasteiger partial charge is 0.276 e. The minimum absolute atomic E-state index is 0.143. The molecule has 110 valence electrons.